The number of rotatable bonds is 11. The Morgan fingerprint density at radius 1 is 0.965 bits per heavy atom. The van der Waals surface area contributed by atoms with E-state index in [9.17, 15) is 18.3 Å². The van der Waals surface area contributed by atoms with Crippen molar-refractivity contribution >= 4 is 27.4 Å². The van der Waals surface area contributed by atoms with Crippen LogP contribution in [0.5, 0.6) is 11.5 Å². The highest BCUT2D eigenvalue weighted by Gasteiger charge is 2.44. The summed E-state index contributed by atoms with van der Waals surface area (Å²) in [5, 5.41) is 9.10. The minimum absolute atomic E-state index is 0.00638. The molecule has 1 saturated heterocycles. The van der Waals surface area contributed by atoms with Crippen molar-refractivity contribution in [1.82, 2.24) is 14.9 Å². The standard InChI is InChI=1S/C41H47F4N5O6S/c1-7-28-19-32-33(46-39(57(6,53)54)47-38(32)50-17-16-48(40(51)52)21-25(50)3)20-31(28)35-36(41(43,44)45)24(2)18-34(37(35)42)49(22-26-8-12-29(55-4)13-9-26)23-27-10-14-30(56-5)15-11-27/h8-15,18,25,28,31H,7,16-17,19-23H2,1-6H3,(H,51,52)/t25-,28?,31?/m0/s1. The van der Waals surface area contributed by atoms with Crippen molar-refractivity contribution in [3.63, 3.8) is 0 Å². The number of aromatic nitrogens is 2. The summed E-state index contributed by atoms with van der Waals surface area (Å²) in [6.07, 6.45) is -4.68. The average Bonchev–Trinajstić information content (AvgIpc) is 3.17. The highest BCUT2D eigenvalue weighted by atomic mass is 32.2. The fourth-order valence-corrected chi connectivity index (χ4v) is 8.68. The minimum atomic E-state index is -4.91. The van der Waals surface area contributed by atoms with Gasteiger partial charge >= 0.3 is 12.3 Å². The lowest BCUT2D eigenvalue weighted by atomic mass is 9.71. The van der Waals surface area contributed by atoms with Gasteiger partial charge in [0.15, 0.2) is 5.82 Å². The summed E-state index contributed by atoms with van der Waals surface area (Å²) >= 11 is 0. The monoisotopic (exact) mass is 813 g/mol. The quantitative estimate of drug-likeness (QED) is 0.119. The maximum atomic E-state index is 17.6. The average molecular weight is 814 g/mol. The van der Waals surface area contributed by atoms with Crippen LogP contribution >= 0.6 is 0 Å². The predicted octanol–water partition coefficient (Wildman–Crippen LogP) is 7.67. The zero-order valence-electron chi connectivity index (χ0n) is 32.7. The van der Waals surface area contributed by atoms with E-state index in [-0.39, 0.29) is 62.5 Å². The van der Waals surface area contributed by atoms with Crippen LogP contribution in [0.1, 0.15) is 65.3 Å². The van der Waals surface area contributed by atoms with Crippen molar-refractivity contribution < 1.29 is 45.4 Å². The molecule has 2 unspecified atom stereocenters. The number of alkyl halides is 3. The van der Waals surface area contributed by atoms with E-state index in [2.05, 4.69) is 9.97 Å². The number of nitrogens with zero attached hydrogens (tertiary/aromatic N) is 5. The number of halogens is 4. The zero-order valence-corrected chi connectivity index (χ0v) is 33.5. The highest BCUT2D eigenvalue weighted by molar-refractivity contribution is 7.90. The lowest BCUT2D eigenvalue weighted by Crippen LogP contribution is -2.54. The number of carbonyl (C=O) groups is 1. The van der Waals surface area contributed by atoms with Crippen molar-refractivity contribution in [3.8, 4) is 11.5 Å². The van der Waals surface area contributed by atoms with Crippen LogP contribution in [-0.4, -0.2) is 80.6 Å². The van der Waals surface area contributed by atoms with Crippen molar-refractivity contribution in [2.24, 2.45) is 5.92 Å². The van der Waals surface area contributed by atoms with Crippen LogP contribution in [0, 0.1) is 18.7 Å². The lowest BCUT2D eigenvalue weighted by Gasteiger charge is -2.42. The molecule has 57 heavy (non-hydrogen) atoms. The van der Waals surface area contributed by atoms with E-state index in [1.807, 2.05) is 36.1 Å². The molecule has 1 N–H and O–H groups in total. The van der Waals surface area contributed by atoms with E-state index in [4.69, 9.17) is 9.47 Å². The number of sulfone groups is 1. The fraction of sp³-hybridized carbons (Fsp3) is 0.439. The molecule has 2 heterocycles. The van der Waals surface area contributed by atoms with Crippen LogP contribution in [-0.2, 0) is 41.9 Å². The molecule has 1 aliphatic carbocycles. The first-order valence-corrected chi connectivity index (χ1v) is 20.6. The maximum Gasteiger partial charge on any atom is 0.417 e. The molecule has 1 amide bonds. The third-order valence-electron chi connectivity index (χ3n) is 11.1. The number of hydrogen-bond donors (Lipinski definition) is 1. The number of aryl methyl sites for hydroxylation is 1. The molecule has 0 saturated carbocycles. The molecule has 0 bridgehead atoms. The van der Waals surface area contributed by atoms with Crippen LogP contribution in [0.2, 0.25) is 0 Å². The van der Waals surface area contributed by atoms with E-state index < -0.39 is 62.1 Å². The van der Waals surface area contributed by atoms with Crippen molar-refractivity contribution in [3.05, 3.63) is 99.5 Å². The van der Waals surface area contributed by atoms with E-state index in [1.165, 1.54) is 32.1 Å². The molecule has 11 nitrogen and oxygen atoms in total. The molecular weight excluding hydrogens is 767 g/mol. The van der Waals surface area contributed by atoms with Gasteiger partial charge in [-0.25, -0.2) is 27.6 Å². The van der Waals surface area contributed by atoms with Gasteiger partial charge < -0.3 is 29.3 Å². The molecule has 306 valence electrons. The lowest BCUT2D eigenvalue weighted by molar-refractivity contribution is -0.139. The van der Waals surface area contributed by atoms with Gasteiger partial charge in [0.25, 0.3) is 0 Å². The number of methoxy groups -OCH3 is 2. The van der Waals surface area contributed by atoms with Gasteiger partial charge in [0.2, 0.25) is 15.0 Å². The third kappa shape index (κ3) is 8.75. The molecule has 6 rings (SSSR count). The third-order valence-corrected chi connectivity index (χ3v) is 11.9. The molecule has 2 aliphatic rings. The van der Waals surface area contributed by atoms with Gasteiger partial charge in [0.1, 0.15) is 17.3 Å². The number of benzene rings is 3. The molecule has 1 aliphatic heterocycles. The summed E-state index contributed by atoms with van der Waals surface area (Å²) in [6, 6.07) is 15.2. The first-order valence-electron chi connectivity index (χ1n) is 18.7. The van der Waals surface area contributed by atoms with Gasteiger partial charge in [-0.2, -0.15) is 13.2 Å². The number of ether oxygens (including phenoxy) is 2. The van der Waals surface area contributed by atoms with E-state index in [1.54, 1.807) is 36.1 Å². The van der Waals surface area contributed by atoms with Crippen LogP contribution < -0.4 is 19.3 Å². The molecule has 0 radical (unpaired) electrons. The van der Waals surface area contributed by atoms with E-state index in [0.717, 1.165) is 17.4 Å². The molecule has 3 aromatic carbocycles. The Hall–Kier alpha value is -5.12. The summed E-state index contributed by atoms with van der Waals surface area (Å²) in [4.78, 5) is 25.5. The first kappa shape index (κ1) is 41.5. The summed E-state index contributed by atoms with van der Waals surface area (Å²) < 4.78 is 99.9. The molecule has 1 aromatic heterocycles. The van der Waals surface area contributed by atoms with Crippen molar-refractivity contribution in [1.29, 1.82) is 0 Å². The number of piperazine rings is 1. The molecule has 3 atom stereocenters. The van der Waals surface area contributed by atoms with Crippen LogP contribution in [0.25, 0.3) is 0 Å². The summed E-state index contributed by atoms with van der Waals surface area (Å²) in [5.41, 5.74) is 0.668. The highest BCUT2D eigenvalue weighted by Crippen LogP contribution is 2.49. The molecule has 1 fully saturated rings. The van der Waals surface area contributed by atoms with Gasteiger partial charge in [0, 0.05) is 56.1 Å². The smallest absolute Gasteiger partial charge is 0.417 e. The minimum Gasteiger partial charge on any atom is -0.497 e. The van der Waals surface area contributed by atoms with Gasteiger partial charge in [0.05, 0.1) is 31.2 Å². The Labute approximate surface area is 330 Å². The van der Waals surface area contributed by atoms with Crippen LogP contribution in [0.3, 0.4) is 0 Å². The van der Waals surface area contributed by atoms with Crippen molar-refractivity contribution in [2.45, 2.75) is 76.4 Å². The Morgan fingerprint density at radius 3 is 2.02 bits per heavy atom. The van der Waals surface area contributed by atoms with E-state index in [0.29, 0.717) is 29.3 Å². The summed E-state index contributed by atoms with van der Waals surface area (Å²) in [5.74, 6) is -1.00. The second-order valence-electron chi connectivity index (χ2n) is 14.8. The topological polar surface area (TPSA) is 125 Å². The molecular formula is C41H47F4N5O6S. The Kier molecular flexibility index (Phi) is 11.9. The normalized spacial score (nSPS) is 18.6. The fourth-order valence-electron chi connectivity index (χ4n) is 8.15. The Morgan fingerprint density at radius 2 is 1.54 bits per heavy atom. The number of carboxylic acid groups (broad SMARTS) is 1. The van der Waals surface area contributed by atoms with E-state index >= 15 is 17.6 Å². The van der Waals surface area contributed by atoms with Crippen LogP contribution in [0.4, 0.5) is 33.9 Å². The van der Waals surface area contributed by atoms with Crippen LogP contribution in [0.15, 0.2) is 59.8 Å². The van der Waals surface area contributed by atoms with Gasteiger partial charge in [-0.1, -0.05) is 37.6 Å². The second kappa shape index (κ2) is 16.4. The molecule has 4 aromatic rings. The number of hydrogen-bond acceptors (Lipinski definition) is 9. The van der Waals surface area contributed by atoms with Gasteiger partial charge in [-0.05, 0) is 85.5 Å². The molecule has 0 spiro atoms. The molecule has 16 heteroatoms. The maximum absolute atomic E-state index is 17.6. The summed E-state index contributed by atoms with van der Waals surface area (Å²) in [6.45, 7) is 5.78. The Balaban J connectivity index is 1.51. The zero-order chi connectivity index (χ0) is 41.4. The first-order chi connectivity index (χ1) is 26.9. The SMILES string of the molecule is CCC1Cc2c(nc(S(C)(=O)=O)nc2N2CCN(C(=O)O)C[C@@H]2C)CC1c1c(F)c(N(Cc2ccc(OC)cc2)Cc2ccc(OC)cc2)cc(C)c1C(F)(F)F. The number of fused-ring (bicyclic) bond motifs is 1. The summed E-state index contributed by atoms with van der Waals surface area (Å²) in [7, 11) is -0.924. The van der Waals surface area contributed by atoms with Crippen molar-refractivity contribution in [2.75, 3.05) is 49.9 Å². The predicted molar refractivity (Wildman–Crippen MR) is 207 cm³/mol. The van der Waals surface area contributed by atoms with Gasteiger partial charge in [-0.15, -0.1) is 0 Å². The number of amides is 1. The second-order valence-corrected chi connectivity index (χ2v) is 16.8. The largest absolute Gasteiger partial charge is 0.497 e. The van der Waals surface area contributed by atoms with Gasteiger partial charge in [-0.3, -0.25) is 0 Å². The number of anilines is 2. The Bertz CT molecular complexity index is 2170.